The second-order valence-corrected chi connectivity index (χ2v) is 4.40. The first-order valence-corrected chi connectivity index (χ1v) is 6.32. The van der Waals surface area contributed by atoms with Crippen molar-refractivity contribution < 1.29 is 9.90 Å². The number of halogens is 1. The van der Waals surface area contributed by atoms with Gasteiger partial charge in [-0.05, 0) is 18.6 Å². The first-order chi connectivity index (χ1) is 8.72. The molecule has 2 aromatic rings. The number of anilines is 1. The number of hydrogen-bond donors (Lipinski definition) is 2. The predicted molar refractivity (Wildman–Crippen MR) is 74.2 cm³/mol. The molecule has 0 spiro atoms. The largest absolute Gasteiger partial charge is 0.507 e. The van der Waals surface area contributed by atoms with Gasteiger partial charge >= 0.3 is 0 Å². The van der Waals surface area contributed by atoms with Gasteiger partial charge in [0.1, 0.15) is 5.75 Å². The number of phenols is 1. The van der Waals surface area contributed by atoms with Gasteiger partial charge < -0.3 is 10.4 Å². The maximum atomic E-state index is 11.7. The number of hydrogen-bond acceptors (Lipinski definition) is 2. The summed E-state index contributed by atoms with van der Waals surface area (Å²) in [6.07, 6.45) is 1.06. The van der Waals surface area contributed by atoms with Gasteiger partial charge in [0.2, 0.25) is 5.91 Å². The van der Waals surface area contributed by atoms with E-state index in [1.54, 1.807) is 18.2 Å². The third-order valence-corrected chi connectivity index (χ3v) is 2.98. The summed E-state index contributed by atoms with van der Waals surface area (Å²) < 4.78 is 0. The molecule has 0 fully saturated rings. The molecule has 0 aliphatic carbocycles. The first-order valence-electron chi connectivity index (χ1n) is 5.79. The Kier molecular flexibility index (Phi) is 4.05. The minimum absolute atomic E-state index is 0.0634. The third-order valence-electron chi connectivity index (χ3n) is 2.71. The smallest absolute Gasteiger partial charge is 0.224 e. The molecule has 2 rings (SSSR count). The van der Waals surface area contributed by atoms with E-state index in [0.717, 1.165) is 10.8 Å². The third kappa shape index (κ3) is 2.74. The van der Waals surface area contributed by atoms with E-state index >= 15 is 0 Å². The van der Waals surface area contributed by atoms with E-state index in [1.807, 2.05) is 18.2 Å². The summed E-state index contributed by atoms with van der Waals surface area (Å²) >= 11 is 5.55. The van der Waals surface area contributed by atoms with Crippen LogP contribution in [0.2, 0.25) is 0 Å². The van der Waals surface area contributed by atoms with E-state index < -0.39 is 0 Å². The normalized spacial score (nSPS) is 10.5. The number of benzene rings is 2. The summed E-state index contributed by atoms with van der Waals surface area (Å²) in [4.78, 5) is 11.7. The van der Waals surface area contributed by atoms with Gasteiger partial charge in [-0.3, -0.25) is 4.79 Å². The van der Waals surface area contributed by atoms with Gasteiger partial charge in [-0.15, -0.1) is 11.6 Å². The van der Waals surface area contributed by atoms with Gasteiger partial charge in [0, 0.05) is 28.8 Å². The molecule has 0 aliphatic heterocycles. The van der Waals surface area contributed by atoms with Crippen molar-refractivity contribution >= 4 is 34.0 Å². The summed E-state index contributed by atoms with van der Waals surface area (Å²) in [5, 5.41) is 14.1. The van der Waals surface area contributed by atoms with Crippen LogP contribution >= 0.6 is 11.6 Å². The van der Waals surface area contributed by atoms with Crippen LogP contribution in [0.15, 0.2) is 36.4 Å². The molecule has 1 amide bonds. The summed E-state index contributed by atoms with van der Waals surface area (Å²) in [5.74, 6) is 0.625. The molecule has 0 aliphatic rings. The maximum absolute atomic E-state index is 11.7. The van der Waals surface area contributed by atoms with E-state index in [2.05, 4.69) is 5.32 Å². The lowest BCUT2D eigenvalue weighted by atomic mass is 10.1. The van der Waals surface area contributed by atoms with Crippen molar-refractivity contribution in [2.24, 2.45) is 0 Å². The van der Waals surface area contributed by atoms with Crippen LogP contribution in [0.1, 0.15) is 12.8 Å². The minimum Gasteiger partial charge on any atom is -0.507 e. The molecule has 18 heavy (non-hydrogen) atoms. The molecule has 0 heterocycles. The van der Waals surface area contributed by atoms with E-state index in [4.69, 9.17) is 11.6 Å². The quantitative estimate of drug-likeness (QED) is 0.830. The number of carbonyl (C=O) groups is 1. The van der Waals surface area contributed by atoms with Crippen LogP contribution in [-0.2, 0) is 4.79 Å². The first kappa shape index (κ1) is 12.7. The second-order valence-electron chi connectivity index (χ2n) is 4.02. The van der Waals surface area contributed by atoms with Crippen molar-refractivity contribution in [3.63, 3.8) is 0 Å². The molecule has 0 radical (unpaired) electrons. The standard InChI is InChI=1S/C14H14ClNO2/c15-9-3-8-14(18)16-12-6-1-5-11-10(12)4-2-7-13(11)17/h1-2,4-7,17H,3,8-9H2,(H,16,18). The highest BCUT2D eigenvalue weighted by Gasteiger charge is 2.07. The maximum Gasteiger partial charge on any atom is 0.224 e. The average molecular weight is 264 g/mol. The highest BCUT2D eigenvalue weighted by molar-refractivity contribution is 6.18. The lowest BCUT2D eigenvalue weighted by Crippen LogP contribution is -2.11. The van der Waals surface area contributed by atoms with E-state index in [1.165, 1.54) is 0 Å². The van der Waals surface area contributed by atoms with Crippen LogP contribution in [0.3, 0.4) is 0 Å². The van der Waals surface area contributed by atoms with E-state index in [-0.39, 0.29) is 11.7 Å². The number of alkyl halides is 1. The van der Waals surface area contributed by atoms with Crippen molar-refractivity contribution in [3.05, 3.63) is 36.4 Å². The Bertz CT molecular complexity index is 569. The van der Waals surface area contributed by atoms with Crippen molar-refractivity contribution in [3.8, 4) is 5.75 Å². The molecule has 0 saturated heterocycles. The Morgan fingerprint density at radius 2 is 1.89 bits per heavy atom. The number of amides is 1. The monoisotopic (exact) mass is 263 g/mol. The number of phenolic OH excluding ortho intramolecular Hbond substituents is 1. The fourth-order valence-electron chi connectivity index (χ4n) is 1.84. The Balaban J connectivity index is 2.28. The van der Waals surface area contributed by atoms with Crippen molar-refractivity contribution in [1.29, 1.82) is 0 Å². The number of carbonyl (C=O) groups excluding carboxylic acids is 1. The van der Waals surface area contributed by atoms with Crippen molar-refractivity contribution in [2.45, 2.75) is 12.8 Å². The Morgan fingerprint density at radius 1 is 1.17 bits per heavy atom. The molecule has 4 heteroatoms. The van der Waals surface area contributed by atoms with Gasteiger partial charge in [-0.2, -0.15) is 0 Å². The molecule has 0 unspecified atom stereocenters. The van der Waals surface area contributed by atoms with Crippen LogP contribution in [-0.4, -0.2) is 16.9 Å². The van der Waals surface area contributed by atoms with Gasteiger partial charge in [-0.1, -0.05) is 24.3 Å². The molecule has 0 aromatic heterocycles. The van der Waals surface area contributed by atoms with Crippen LogP contribution in [0.4, 0.5) is 5.69 Å². The highest BCUT2D eigenvalue weighted by Crippen LogP contribution is 2.29. The van der Waals surface area contributed by atoms with Crippen LogP contribution < -0.4 is 5.32 Å². The molecule has 2 aromatic carbocycles. The summed E-state index contributed by atoms with van der Waals surface area (Å²) in [7, 11) is 0. The average Bonchev–Trinajstić information content (AvgIpc) is 2.38. The van der Waals surface area contributed by atoms with Crippen molar-refractivity contribution in [1.82, 2.24) is 0 Å². The molecule has 0 atom stereocenters. The van der Waals surface area contributed by atoms with Crippen molar-refractivity contribution in [2.75, 3.05) is 11.2 Å². The van der Waals surface area contributed by atoms with E-state index in [9.17, 15) is 9.90 Å². The summed E-state index contributed by atoms with van der Waals surface area (Å²) in [6.45, 7) is 0. The van der Waals surface area contributed by atoms with Gasteiger partial charge in [-0.25, -0.2) is 0 Å². The Hall–Kier alpha value is -1.74. The molecule has 94 valence electrons. The minimum atomic E-state index is -0.0634. The number of nitrogens with one attached hydrogen (secondary N) is 1. The zero-order valence-corrected chi connectivity index (χ0v) is 10.6. The van der Waals surface area contributed by atoms with Gasteiger partial charge in [0.15, 0.2) is 0 Å². The molecule has 0 bridgehead atoms. The van der Waals surface area contributed by atoms with Crippen LogP contribution in [0.5, 0.6) is 5.75 Å². The van der Waals surface area contributed by atoms with E-state index in [0.29, 0.717) is 24.4 Å². The second kappa shape index (κ2) is 5.74. The van der Waals surface area contributed by atoms with Gasteiger partial charge in [0.25, 0.3) is 0 Å². The number of aromatic hydroxyl groups is 1. The lowest BCUT2D eigenvalue weighted by Gasteiger charge is -2.09. The van der Waals surface area contributed by atoms with Crippen LogP contribution in [0.25, 0.3) is 10.8 Å². The zero-order chi connectivity index (χ0) is 13.0. The molecule has 0 saturated carbocycles. The zero-order valence-electron chi connectivity index (χ0n) is 9.82. The molecular formula is C14H14ClNO2. The Labute approximate surface area is 110 Å². The number of fused-ring (bicyclic) bond motifs is 1. The number of rotatable bonds is 4. The fourth-order valence-corrected chi connectivity index (χ4v) is 1.98. The molecular weight excluding hydrogens is 250 g/mol. The predicted octanol–water partition coefficient (Wildman–Crippen LogP) is 3.50. The fraction of sp³-hybridized carbons (Fsp3) is 0.214. The Morgan fingerprint density at radius 3 is 2.67 bits per heavy atom. The highest BCUT2D eigenvalue weighted by atomic mass is 35.5. The molecule has 3 nitrogen and oxygen atoms in total. The molecule has 2 N–H and O–H groups in total. The SMILES string of the molecule is O=C(CCCCl)Nc1cccc2c(O)cccc12. The van der Waals surface area contributed by atoms with Gasteiger partial charge in [0.05, 0.1) is 0 Å². The lowest BCUT2D eigenvalue weighted by molar-refractivity contribution is -0.116. The van der Waals surface area contributed by atoms with Crippen LogP contribution in [0, 0.1) is 0 Å². The summed E-state index contributed by atoms with van der Waals surface area (Å²) in [6, 6.07) is 10.7. The topological polar surface area (TPSA) is 49.3 Å². The summed E-state index contributed by atoms with van der Waals surface area (Å²) in [5.41, 5.74) is 0.711.